The van der Waals surface area contributed by atoms with E-state index in [4.69, 9.17) is 0 Å². The van der Waals surface area contributed by atoms with Gasteiger partial charge in [0.05, 0.1) is 12.2 Å². The van der Waals surface area contributed by atoms with Crippen LogP contribution in [0.1, 0.15) is 41.0 Å². The third-order valence-electron chi connectivity index (χ3n) is 4.59. The summed E-state index contributed by atoms with van der Waals surface area (Å²) >= 11 is 0. The molecule has 0 atom stereocenters. The third-order valence-corrected chi connectivity index (χ3v) is 4.59. The zero-order valence-electron chi connectivity index (χ0n) is 15.8. The van der Waals surface area contributed by atoms with Crippen molar-refractivity contribution in [2.75, 3.05) is 37.0 Å². The Bertz CT molecular complexity index is 769. The summed E-state index contributed by atoms with van der Waals surface area (Å²) in [6, 6.07) is 9.53. The van der Waals surface area contributed by atoms with Crippen molar-refractivity contribution in [1.29, 1.82) is 0 Å². The number of carbonyl (C=O) groups is 1. The predicted molar refractivity (Wildman–Crippen MR) is 105 cm³/mol. The second kappa shape index (κ2) is 8.17. The quantitative estimate of drug-likeness (QED) is 0.896. The summed E-state index contributed by atoms with van der Waals surface area (Å²) in [5.41, 5.74) is 3.43. The first-order valence-electron chi connectivity index (χ1n) is 9.18. The lowest BCUT2D eigenvalue weighted by molar-refractivity contribution is 0.0950. The van der Waals surface area contributed by atoms with E-state index in [1.165, 1.54) is 19.3 Å². The maximum Gasteiger partial charge on any atom is 0.251 e. The van der Waals surface area contributed by atoms with E-state index in [2.05, 4.69) is 20.2 Å². The van der Waals surface area contributed by atoms with Gasteiger partial charge >= 0.3 is 0 Å². The Kier molecular flexibility index (Phi) is 5.71. The average Bonchev–Trinajstić information content (AvgIpc) is 2.66. The van der Waals surface area contributed by atoms with Crippen LogP contribution in [0.25, 0.3) is 0 Å². The van der Waals surface area contributed by atoms with E-state index in [1.807, 2.05) is 56.3 Å². The van der Waals surface area contributed by atoms with Crippen molar-refractivity contribution in [3.05, 3.63) is 47.3 Å². The highest BCUT2D eigenvalue weighted by Gasteiger charge is 2.15. The number of aromatic nitrogens is 2. The van der Waals surface area contributed by atoms with Crippen LogP contribution < -0.4 is 15.1 Å². The fourth-order valence-corrected chi connectivity index (χ4v) is 3.14. The van der Waals surface area contributed by atoms with Gasteiger partial charge in [0.15, 0.2) is 0 Å². The van der Waals surface area contributed by atoms with Crippen LogP contribution in [0, 0.1) is 6.92 Å². The molecule has 1 amide bonds. The minimum Gasteiger partial charge on any atom is -0.378 e. The fraction of sp³-hybridized carbons (Fsp3) is 0.450. The van der Waals surface area contributed by atoms with E-state index in [0.717, 1.165) is 36.1 Å². The van der Waals surface area contributed by atoms with Crippen molar-refractivity contribution >= 4 is 17.5 Å². The highest BCUT2D eigenvalue weighted by molar-refractivity contribution is 5.95. The van der Waals surface area contributed by atoms with Crippen LogP contribution in [0.5, 0.6) is 0 Å². The van der Waals surface area contributed by atoms with Crippen molar-refractivity contribution in [1.82, 2.24) is 15.3 Å². The van der Waals surface area contributed by atoms with Gasteiger partial charge in [0, 0.05) is 44.1 Å². The van der Waals surface area contributed by atoms with Gasteiger partial charge in [0.1, 0.15) is 0 Å². The molecule has 0 bridgehead atoms. The number of anilines is 2. The molecule has 0 saturated carbocycles. The zero-order valence-corrected chi connectivity index (χ0v) is 15.8. The number of amides is 1. The minimum atomic E-state index is -0.0931. The number of carbonyl (C=O) groups excluding carboxylic acids is 1. The zero-order chi connectivity index (χ0) is 18.5. The molecule has 3 rings (SSSR count). The molecule has 1 aromatic carbocycles. The van der Waals surface area contributed by atoms with Crippen molar-refractivity contribution in [3.8, 4) is 0 Å². The molecule has 1 aliphatic heterocycles. The summed E-state index contributed by atoms with van der Waals surface area (Å²) < 4.78 is 0. The Morgan fingerprint density at radius 3 is 2.65 bits per heavy atom. The summed E-state index contributed by atoms with van der Waals surface area (Å²) in [7, 11) is 3.92. The standard InChI is InChI=1S/C20H27N5O/c1-15-12-17(23-20(22-15)25-10-5-4-6-11-25)14-21-19(26)16-8-7-9-18(13-16)24(2)3/h7-9,12-13H,4-6,10-11,14H2,1-3H3,(H,21,26). The molecule has 0 unspecified atom stereocenters. The van der Waals surface area contributed by atoms with Gasteiger partial charge in [-0.1, -0.05) is 6.07 Å². The molecule has 1 saturated heterocycles. The molecule has 2 heterocycles. The highest BCUT2D eigenvalue weighted by atomic mass is 16.1. The molecule has 0 aliphatic carbocycles. The van der Waals surface area contributed by atoms with Crippen LogP contribution in [0.4, 0.5) is 11.6 Å². The molecule has 1 aromatic heterocycles. The number of rotatable bonds is 5. The Morgan fingerprint density at radius 1 is 1.15 bits per heavy atom. The van der Waals surface area contributed by atoms with Gasteiger partial charge in [-0.25, -0.2) is 9.97 Å². The summed E-state index contributed by atoms with van der Waals surface area (Å²) in [5, 5.41) is 2.97. The van der Waals surface area contributed by atoms with Crippen LogP contribution >= 0.6 is 0 Å². The molecule has 1 N–H and O–H groups in total. The van der Waals surface area contributed by atoms with Crippen LogP contribution in [-0.4, -0.2) is 43.1 Å². The van der Waals surface area contributed by atoms with Crippen LogP contribution in [-0.2, 0) is 6.54 Å². The molecule has 0 spiro atoms. The Balaban J connectivity index is 1.68. The Hall–Kier alpha value is -2.63. The van der Waals surface area contributed by atoms with Gasteiger partial charge in [-0.15, -0.1) is 0 Å². The molecule has 1 fully saturated rings. The van der Waals surface area contributed by atoms with Gasteiger partial charge in [0.2, 0.25) is 5.95 Å². The number of nitrogens with zero attached hydrogens (tertiary/aromatic N) is 4. The van der Waals surface area contributed by atoms with Gasteiger partial charge < -0.3 is 15.1 Å². The maximum absolute atomic E-state index is 12.5. The lowest BCUT2D eigenvalue weighted by Crippen LogP contribution is -2.32. The van der Waals surface area contributed by atoms with E-state index < -0.39 is 0 Å². The van der Waals surface area contributed by atoms with Gasteiger partial charge in [-0.2, -0.15) is 0 Å². The van der Waals surface area contributed by atoms with Gasteiger partial charge in [-0.05, 0) is 50.5 Å². The van der Waals surface area contributed by atoms with E-state index in [1.54, 1.807) is 0 Å². The van der Waals surface area contributed by atoms with E-state index in [0.29, 0.717) is 12.1 Å². The number of aryl methyl sites for hydroxylation is 1. The van der Waals surface area contributed by atoms with E-state index in [9.17, 15) is 4.79 Å². The summed E-state index contributed by atoms with van der Waals surface area (Å²) in [6.45, 7) is 4.38. The second-order valence-electron chi connectivity index (χ2n) is 6.98. The lowest BCUT2D eigenvalue weighted by atomic mass is 10.1. The Morgan fingerprint density at radius 2 is 1.92 bits per heavy atom. The third kappa shape index (κ3) is 4.50. The van der Waals surface area contributed by atoms with Crippen LogP contribution in [0.15, 0.2) is 30.3 Å². The SMILES string of the molecule is Cc1cc(CNC(=O)c2cccc(N(C)C)c2)nc(N2CCCCC2)n1. The number of hydrogen-bond donors (Lipinski definition) is 1. The summed E-state index contributed by atoms with van der Waals surface area (Å²) in [6.07, 6.45) is 3.65. The molecule has 26 heavy (non-hydrogen) atoms. The first kappa shape index (κ1) is 18.2. The molecule has 1 aliphatic rings. The molecule has 138 valence electrons. The number of nitrogens with one attached hydrogen (secondary N) is 1. The van der Waals surface area contributed by atoms with E-state index in [-0.39, 0.29) is 5.91 Å². The van der Waals surface area contributed by atoms with Crippen LogP contribution in [0.3, 0.4) is 0 Å². The van der Waals surface area contributed by atoms with Crippen molar-refractivity contribution in [2.45, 2.75) is 32.7 Å². The van der Waals surface area contributed by atoms with Gasteiger partial charge in [-0.3, -0.25) is 4.79 Å². The molecular formula is C20H27N5O. The smallest absolute Gasteiger partial charge is 0.251 e. The fourth-order valence-electron chi connectivity index (χ4n) is 3.14. The minimum absolute atomic E-state index is 0.0931. The topological polar surface area (TPSA) is 61.4 Å². The summed E-state index contributed by atoms with van der Waals surface area (Å²) in [4.78, 5) is 25.9. The van der Waals surface area contributed by atoms with Crippen molar-refractivity contribution < 1.29 is 4.79 Å². The number of hydrogen-bond acceptors (Lipinski definition) is 5. The number of benzene rings is 1. The lowest BCUT2D eigenvalue weighted by Gasteiger charge is -2.27. The molecule has 2 aromatic rings. The second-order valence-corrected chi connectivity index (χ2v) is 6.98. The first-order valence-corrected chi connectivity index (χ1v) is 9.18. The van der Waals surface area contributed by atoms with E-state index >= 15 is 0 Å². The largest absolute Gasteiger partial charge is 0.378 e. The van der Waals surface area contributed by atoms with Crippen molar-refractivity contribution in [3.63, 3.8) is 0 Å². The van der Waals surface area contributed by atoms with Crippen LogP contribution in [0.2, 0.25) is 0 Å². The molecule has 6 nitrogen and oxygen atoms in total. The first-order chi connectivity index (χ1) is 12.5. The number of piperidine rings is 1. The molecular weight excluding hydrogens is 326 g/mol. The van der Waals surface area contributed by atoms with Crippen molar-refractivity contribution in [2.24, 2.45) is 0 Å². The maximum atomic E-state index is 12.5. The molecule has 0 radical (unpaired) electrons. The van der Waals surface area contributed by atoms with Gasteiger partial charge in [0.25, 0.3) is 5.91 Å². The normalized spacial score (nSPS) is 14.2. The summed E-state index contributed by atoms with van der Waals surface area (Å²) in [5.74, 6) is 0.688. The predicted octanol–water partition coefficient (Wildman–Crippen LogP) is 2.77. The molecule has 6 heteroatoms. The Labute approximate surface area is 155 Å². The average molecular weight is 353 g/mol. The highest BCUT2D eigenvalue weighted by Crippen LogP contribution is 2.17. The monoisotopic (exact) mass is 353 g/mol.